The first-order chi connectivity index (χ1) is 11.6. The second kappa shape index (κ2) is 6.88. The van der Waals surface area contributed by atoms with E-state index in [-0.39, 0.29) is 11.7 Å². The van der Waals surface area contributed by atoms with Gasteiger partial charge in [0.2, 0.25) is 11.7 Å². The minimum atomic E-state index is -0.708. The zero-order valence-corrected chi connectivity index (χ0v) is 14.4. The molecule has 24 heavy (non-hydrogen) atoms. The van der Waals surface area contributed by atoms with Gasteiger partial charge in [-0.05, 0) is 59.3 Å². The van der Waals surface area contributed by atoms with E-state index in [2.05, 4.69) is 26.1 Å². The normalized spacial score (nSPS) is 12.0. The summed E-state index contributed by atoms with van der Waals surface area (Å²) in [6.07, 6.45) is -0.708. The lowest BCUT2D eigenvalue weighted by molar-refractivity contribution is 0.0243. The summed E-state index contributed by atoms with van der Waals surface area (Å²) in [5.74, 6) is 0.725. The molecule has 2 aromatic heterocycles. The Kier molecular flexibility index (Phi) is 4.66. The van der Waals surface area contributed by atoms with E-state index in [1.165, 1.54) is 6.07 Å². The molecule has 0 radical (unpaired) electrons. The van der Waals surface area contributed by atoms with Gasteiger partial charge in [-0.2, -0.15) is 0 Å². The number of hydrogen-bond donors (Lipinski definition) is 0. The topological polar surface area (TPSA) is 87.6 Å². The first kappa shape index (κ1) is 16.3. The number of carbonyl (C=O) groups excluding carboxylic acids is 1. The van der Waals surface area contributed by atoms with E-state index in [4.69, 9.17) is 18.3 Å². The minimum Gasteiger partial charge on any atom is -0.497 e. The van der Waals surface area contributed by atoms with Crippen LogP contribution in [0, 0.1) is 0 Å². The summed E-state index contributed by atoms with van der Waals surface area (Å²) in [7, 11) is 1.59. The number of halogens is 1. The van der Waals surface area contributed by atoms with Crippen LogP contribution in [0.15, 0.2) is 49.9 Å². The molecular formula is C16H13BrN2O5. The maximum atomic E-state index is 11.9. The predicted molar refractivity (Wildman–Crippen MR) is 86.5 cm³/mol. The Morgan fingerprint density at radius 1 is 1.12 bits per heavy atom. The lowest BCUT2D eigenvalue weighted by Crippen LogP contribution is -2.08. The fraction of sp³-hybridized carbons (Fsp3) is 0.188. The lowest BCUT2D eigenvalue weighted by atomic mass is 10.2. The van der Waals surface area contributed by atoms with Gasteiger partial charge in [0.15, 0.2) is 10.8 Å². The Balaban J connectivity index is 1.71. The van der Waals surface area contributed by atoms with Crippen LogP contribution in [0.5, 0.6) is 5.75 Å². The fourth-order valence-electron chi connectivity index (χ4n) is 1.94. The van der Waals surface area contributed by atoms with Crippen LogP contribution in [0.1, 0.15) is 29.5 Å². The molecule has 3 aromatic rings. The van der Waals surface area contributed by atoms with Crippen molar-refractivity contribution in [1.82, 2.24) is 10.2 Å². The van der Waals surface area contributed by atoms with Crippen molar-refractivity contribution < 1.29 is 23.1 Å². The number of hydrogen-bond acceptors (Lipinski definition) is 7. The van der Waals surface area contributed by atoms with Gasteiger partial charge in [0.05, 0.1) is 7.11 Å². The number of esters is 1. The summed E-state index contributed by atoms with van der Waals surface area (Å²) in [4.78, 5) is 11.9. The first-order valence-corrected chi connectivity index (χ1v) is 7.80. The van der Waals surface area contributed by atoms with Gasteiger partial charge in [0, 0.05) is 5.56 Å². The number of ether oxygens (including phenoxy) is 2. The van der Waals surface area contributed by atoms with Crippen LogP contribution in [-0.2, 0) is 4.74 Å². The van der Waals surface area contributed by atoms with Crippen LogP contribution in [0.3, 0.4) is 0 Å². The molecule has 8 heteroatoms. The molecule has 0 saturated heterocycles. The Morgan fingerprint density at radius 2 is 1.88 bits per heavy atom. The molecule has 0 unspecified atom stereocenters. The van der Waals surface area contributed by atoms with Crippen molar-refractivity contribution in [2.24, 2.45) is 0 Å². The van der Waals surface area contributed by atoms with E-state index < -0.39 is 12.1 Å². The van der Waals surface area contributed by atoms with Gasteiger partial charge in [-0.1, -0.05) is 0 Å². The zero-order valence-electron chi connectivity index (χ0n) is 12.9. The van der Waals surface area contributed by atoms with Crippen LogP contribution >= 0.6 is 15.9 Å². The first-order valence-electron chi connectivity index (χ1n) is 7.01. The summed E-state index contributed by atoms with van der Waals surface area (Å²) in [5, 5.41) is 7.89. The second-order valence-electron chi connectivity index (χ2n) is 4.83. The van der Waals surface area contributed by atoms with Gasteiger partial charge in [-0.3, -0.25) is 0 Å². The van der Waals surface area contributed by atoms with Gasteiger partial charge in [0.25, 0.3) is 5.89 Å². The second-order valence-corrected chi connectivity index (χ2v) is 5.61. The van der Waals surface area contributed by atoms with Crippen molar-refractivity contribution in [3.8, 4) is 17.2 Å². The molecule has 2 heterocycles. The largest absolute Gasteiger partial charge is 0.497 e. The molecule has 1 atom stereocenters. The van der Waals surface area contributed by atoms with Crippen molar-refractivity contribution in [2.75, 3.05) is 7.11 Å². The number of rotatable bonds is 5. The van der Waals surface area contributed by atoms with E-state index in [0.717, 1.165) is 11.3 Å². The third kappa shape index (κ3) is 3.48. The summed E-state index contributed by atoms with van der Waals surface area (Å²) >= 11 is 3.13. The van der Waals surface area contributed by atoms with Gasteiger partial charge >= 0.3 is 5.97 Å². The molecule has 124 valence electrons. The molecule has 0 aliphatic carbocycles. The fourth-order valence-corrected chi connectivity index (χ4v) is 2.25. The zero-order chi connectivity index (χ0) is 17.1. The van der Waals surface area contributed by atoms with E-state index in [0.29, 0.717) is 10.6 Å². The SMILES string of the molecule is COc1ccc(-c2nnc([C@H](C)OC(=O)c3ccc(Br)o3)o2)cc1. The number of nitrogens with zero attached hydrogens (tertiary/aromatic N) is 2. The number of furan rings is 1. The number of carbonyl (C=O) groups is 1. The minimum absolute atomic E-state index is 0.0867. The van der Waals surface area contributed by atoms with Crippen molar-refractivity contribution in [3.05, 3.63) is 52.7 Å². The van der Waals surface area contributed by atoms with Crippen molar-refractivity contribution in [3.63, 3.8) is 0 Å². The van der Waals surface area contributed by atoms with Crippen LogP contribution < -0.4 is 4.74 Å². The Bertz CT molecular complexity index is 840. The van der Waals surface area contributed by atoms with E-state index in [9.17, 15) is 4.79 Å². The average molecular weight is 393 g/mol. The highest BCUT2D eigenvalue weighted by Crippen LogP contribution is 2.25. The Labute approximate surface area is 145 Å². The maximum absolute atomic E-state index is 11.9. The Hall–Kier alpha value is -2.61. The van der Waals surface area contributed by atoms with E-state index >= 15 is 0 Å². The molecule has 7 nitrogen and oxygen atoms in total. The summed E-state index contributed by atoms with van der Waals surface area (Å²) in [6, 6.07) is 10.3. The van der Waals surface area contributed by atoms with Crippen molar-refractivity contribution >= 4 is 21.9 Å². The van der Waals surface area contributed by atoms with E-state index in [1.807, 2.05) is 0 Å². The molecule has 0 bridgehead atoms. The van der Waals surface area contributed by atoms with Crippen LogP contribution in [0.2, 0.25) is 0 Å². The van der Waals surface area contributed by atoms with Crippen molar-refractivity contribution in [1.29, 1.82) is 0 Å². The standard InChI is InChI=1S/C16H13BrN2O5/c1-9(22-16(20)12-7-8-13(17)23-12)14-18-19-15(24-14)10-3-5-11(21-2)6-4-10/h3-9H,1-2H3/t9-/m0/s1. The molecule has 0 fully saturated rings. The smallest absolute Gasteiger partial charge is 0.375 e. The lowest BCUT2D eigenvalue weighted by Gasteiger charge is -2.07. The highest BCUT2D eigenvalue weighted by molar-refractivity contribution is 9.10. The summed E-state index contributed by atoms with van der Waals surface area (Å²) < 4.78 is 21.5. The molecule has 0 aliphatic heterocycles. The molecular weight excluding hydrogens is 380 g/mol. The van der Waals surface area contributed by atoms with Crippen LogP contribution in [-0.4, -0.2) is 23.3 Å². The van der Waals surface area contributed by atoms with Gasteiger partial charge in [-0.25, -0.2) is 4.79 Å². The molecule has 0 spiro atoms. The summed E-state index contributed by atoms with van der Waals surface area (Å²) in [5.41, 5.74) is 0.739. The highest BCUT2D eigenvalue weighted by atomic mass is 79.9. The molecule has 1 aromatic carbocycles. The van der Waals surface area contributed by atoms with Crippen LogP contribution in [0.4, 0.5) is 0 Å². The maximum Gasteiger partial charge on any atom is 0.375 e. The number of benzene rings is 1. The number of aromatic nitrogens is 2. The number of methoxy groups -OCH3 is 1. The van der Waals surface area contributed by atoms with Gasteiger partial charge in [0.1, 0.15) is 5.75 Å². The summed E-state index contributed by atoms with van der Waals surface area (Å²) in [6.45, 7) is 1.64. The molecule has 0 aliphatic rings. The van der Waals surface area contributed by atoms with Gasteiger partial charge in [-0.15, -0.1) is 10.2 Å². The van der Waals surface area contributed by atoms with Gasteiger partial charge < -0.3 is 18.3 Å². The molecule has 0 N–H and O–H groups in total. The highest BCUT2D eigenvalue weighted by Gasteiger charge is 2.21. The average Bonchev–Trinajstić information content (AvgIpc) is 3.24. The molecule has 0 saturated carbocycles. The monoisotopic (exact) mass is 392 g/mol. The van der Waals surface area contributed by atoms with Crippen LogP contribution in [0.25, 0.3) is 11.5 Å². The van der Waals surface area contributed by atoms with Crippen molar-refractivity contribution in [2.45, 2.75) is 13.0 Å². The molecule has 0 amide bonds. The van der Waals surface area contributed by atoms with E-state index in [1.54, 1.807) is 44.4 Å². The predicted octanol–water partition coefficient (Wildman–Crippen LogP) is 4.02. The quantitative estimate of drug-likeness (QED) is 0.605. The molecule has 3 rings (SSSR count). The Morgan fingerprint density at radius 3 is 2.50 bits per heavy atom. The third-order valence-electron chi connectivity index (χ3n) is 3.18. The third-order valence-corrected chi connectivity index (χ3v) is 3.61.